The monoisotopic (exact) mass is 329 g/mol. The molecule has 4 heavy (non-hydrogen) atoms. The van der Waals surface area contributed by atoms with Crippen molar-refractivity contribution in [1.29, 1.82) is 0 Å². The topological polar surface area (TPSA) is 17.1 Å². The molecule has 0 heterocycles. The molecule has 0 bridgehead atoms. The quantitative estimate of drug-likeness (QED) is 0.553. The van der Waals surface area contributed by atoms with Crippen LogP contribution in [0.2, 0.25) is 0 Å². The van der Waals surface area contributed by atoms with Crippen LogP contribution < -0.4 is 0 Å². The zero-order valence-electron chi connectivity index (χ0n) is 1.54. The third-order valence-electron chi connectivity index (χ3n) is 0. The maximum Gasteiger partial charge on any atom is 0.281 e. The van der Waals surface area contributed by atoms with Gasteiger partial charge in [-0.15, -0.1) is 0 Å². The van der Waals surface area contributed by atoms with E-state index in [0.717, 1.165) is 0 Å². The van der Waals surface area contributed by atoms with Crippen LogP contribution in [0.5, 0.6) is 0 Å². The van der Waals surface area contributed by atoms with Gasteiger partial charge in [-0.2, -0.15) is 0 Å². The third-order valence-corrected chi connectivity index (χ3v) is 0. The molecule has 0 saturated heterocycles. The van der Waals surface area contributed by atoms with Crippen molar-refractivity contribution in [1.82, 2.24) is 0 Å². The van der Waals surface area contributed by atoms with Crippen LogP contribution in [-0.4, -0.2) is 6.79 Å². The summed E-state index contributed by atoms with van der Waals surface area (Å²) in [5, 5.41) is 0. The molecule has 30 valence electrons. The van der Waals surface area contributed by atoms with E-state index in [4.69, 9.17) is 4.79 Å². The zero-order valence-corrected chi connectivity index (χ0v) is 5.37. The minimum atomic E-state index is 0. The first-order valence-electron chi connectivity index (χ1n) is 0.204. The maximum absolute atomic E-state index is 7.50. The Bertz CT molecular complexity index is 8.00. The van der Waals surface area contributed by atoms with Crippen LogP contribution in [0.4, 0.5) is 0 Å². The number of hydrogen-bond acceptors (Lipinski definition) is 1. The molecule has 0 rings (SSSR count). The Balaban J connectivity index is -0.00000000500. The smallest absolute Gasteiger partial charge is 0.281 e. The van der Waals surface area contributed by atoms with Gasteiger partial charge in [-0.25, -0.2) is 0 Å². The summed E-state index contributed by atoms with van der Waals surface area (Å²) >= 11 is 0. The number of carbonyl (C=O) groups excluding carboxylic acids is 1. The van der Waals surface area contributed by atoms with Gasteiger partial charge in [0.2, 0.25) is 0 Å². The molecule has 0 unspecified atom stereocenters. The molecule has 0 saturated carbocycles. The summed E-state index contributed by atoms with van der Waals surface area (Å²) in [6.07, 6.45) is 0. The SMILES string of the molecule is [C]=O.[Pd].[Pt]. The van der Waals surface area contributed by atoms with Gasteiger partial charge in [0.05, 0.1) is 0 Å². The largest absolute Gasteiger partial charge is 0.281 e. The van der Waals surface area contributed by atoms with Crippen LogP contribution in [0.3, 0.4) is 0 Å². The average Bonchev–Trinajstić information content (AvgIpc) is 1.00. The molecule has 0 atom stereocenters. The molecule has 0 aromatic carbocycles. The maximum atomic E-state index is 7.50. The van der Waals surface area contributed by atoms with Gasteiger partial charge in [0.15, 0.2) is 0 Å². The molecule has 0 aromatic rings. The summed E-state index contributed by atoms with van der Waals surface area (Å²) in [5.41, 5.74) is 0. The minimum absolute atomic E-state index is 0. The first kappa shape index (κ1) is 19.9. The van der Waals surface area contributed by atoms with E-state index in [2.05, 4.69) is 6.79 Å². The van der Waals surface area contributed by atoms with E-state index in [1.54, 1.807) is 0 Å². The molecular formula is COPdPt. The van der Waals surface area contributed by atoms with Crippen molar-refractivity contribution in [2.75, 3.05) is 0 Å². The fourth-order valence-corrected chi connectivity index (χ4v) is 0. The van der Waals surface area contributed by atoms with Crippen LogP contribution in [0.25, 0.3) is 0 Å². The molecule has 0 aromatic heterocycles. The molecule has 2 radical (unpaired) electrons. The molecule has 1 nitrogen and oxygen atoms in total. The third kappa shape index (κ3) is 11.8. The Kier molecular flexibility index (Phi) is 175. The van der Waals surface area contributed by atoms with Gasteiger partial charge >= 0.3 is 0 Å². The van der Waals surface area contributed by atoms with Crippen molar-refractivity contribution >= 4 is 6.79 Å². The summed E-state index contributed by atoms with van der Waals surface area (Å²) in [6, 6.07) is 0. The van der Waals surface area contributed by atoms with E-state index in [-0.39, 0.29) is 41.5 Å². The van der Waals surface area contributed by atoms with Crippen molar-refractivity contribution in [3.8, 4) is 0 Å². The van der Waals surface area contributed by atoms with E-state index in [1.807, 2.05) is 0 Å². The summed E-state index contributed by atoms with van der Waals surface area (Å²) in [7, 11) is 0. The second-order valence-corrected chi connectivity index (χ2v) is 0. The number of rotatable bonds is 0. The molecule has 0 aliphatic heterocycles. The van der Waals surface area contributed by atoms with E-state index in [9.17, 15) is 0 Å². The van der Waals surface area contributed by atoms with Crippen molar-refractivity contribution in [3.63, 3.8) is 0 Å². The van der Waals surface area contributed by atoms with E-state index < -0.39 is 0 Å². The zero-order chi connectivity index (χ0) is 2.00. The Labute approximate surface area is 53.1 Å². The van der Waals surface area contributed by atoms with E-state index >= 15 is 0 Å². The van der Waals surface area contributed by atoms with Gasteiger partial charge in [0, 0.05) is 41.5 Å². The van der Waals surface area contributed by atoms with Gasteiger partial charge in [-0.3, -0.25) is 4.79 Å². The molecule has 0 aliphatic rings. The average molecular weight is 330 g/mol. The summed E-state index contributed by atoms with van der Waals surface area (Å²) < 4.78 is 0. The van der Waals surface area contributed by atoms with Gasteiger partial charge < -0.3 is 0 Å². The molecule has 0 amide bonds. The molecule has 0 fully saturated rings. The minimum Gasteiger partial charge on any atom is -0.281 e. The molecule has 0 spiro atoms. The fourth-order valence-electron chi connectivity index (χ4n) is 0. The van der Waals surface area contributed by atoms with E-state index in [0.29, 0.717) is 0 Å². The standard InChI is InChI=1S/CO.Pd.Pt/c1-2;;. The normalized spacial score (nSPS) is 1.00. The molecular weight excluding hydrogens is 330 g/mol. The Morgan fingerprint density at radius 3 is 1.25 bits per heavy atom. The molecule has 0 aliphatic carbocycles. The summed E-state index contributed by atoms with van der Waals surface area (Å²) in [6.45, 7) is 4.50. The van der Waals surface area contributed by atoms with Gasteiger partial charge in [-0.1, -0.05) is 0 Å². The van der Waals surface area contributed by atoms with Gasteiger partial charge in [0.25, 0.3) is 6.79 Å². The fraction of sp³-hybridized carbons (Fsp3) is 0. The molecule has 0 N–H and O–H groups in total. The predicted molar refractivity (Wildman–Crippen MR) is 5.69 cm³/mol. The van der Waals surface area contributed by atoms with Crippen LogP contribution in [0.1, 0.15) is 0 Å². The van der Waals surface area contributed by atoms with Crippen LogP contribution in [-0.2, 0) is 46.3 Å². The van der Waals surface area contributed by atoms with E-state index in [1.165, 1.54) is 0 Å². The first-order chi connectivity index (χ1) is 1.00. The van der Waals surface area contributed by atoms with Gasteiger partial charge in [0.1, 0.15) is 0 Å². The predicted octanol–water partition coefficient (Wildman–Crippen LogP) is -0.402. The van der Waals surface area contributed by atoms with Crippen LogP contribution in [0, 0.1) is 0 Å². The van der Waals surface area contributed by atoms with Crippen LogP contribution in [0.15, 0.2) is 0 Å². The Morgan fingerprint density at radius 2 is 1.25 bits per heavy atom. The second-order valence-electron chi connectivity index (χ2n) is 0. The van der Waals surface area contributed by atoms with Crippen molar-refractivity contribution < 1.29 is 46.3 Å². The van der Waals surface area contributed by atoms with Crippen molar-refractivity contribution in [3.05, 3.63) is 0 Å². The first-order valence-corrected chi connectivity index (χ1v) is 0.204. The van der Waals surface area contributed by atoms with Crippen molar-refractivity contribution in [2.24, 2.45) is 0 Å². The summed E-state index contributed by atoms with van der Waals surface area (Å²) in [5.74, 6) is 0. The Morgan fingerprint density at radius 1 is 1.25 bits per heavy atom. The second kappa shape index (κ2) is 35.2. The number of hydrogen-bond donors (Lipinski definition) is 0. The van der Waals surface area contributed by atoms with Gasteiger partial charge in [-0.05, 0) is 0 Å². The van der Waals surface area contributed by atoms with Crippen molar-refractivity contribution in [2.45, 2.75) is 0 Å². The Hall–Kier alpha value is 1.02. The van der Waals surface area contributed by atoms with Crippen LogP contribution >= 0.6 is 0 Å². The molecule has 3 heteroatoms. The summed E-state index contributed by atoms with van der Waals surface area (Å²) in [4.78, 5) is 7.50.